The second kappa shape index (κ2) is 8.44. The monoisotopic (exact) mass is 424 g/mol. The van der Waals surface area contributed by atoms with Crippen LogP contribution in [0.5, 0.6) is 0 Å². The first kappa shape index (κ1) is 20.3. The van der Waals surface area contributed by atoms with Crippen LogP contribution in [0.2, 0.25) is 0 Å². The van der Waals surface area contributed by atoms with Gasteiger partial charge in [-0.25, -0.2) is 4.79 Å². The van der Waals surface area contributed by atoms with E-state index < -0.39 is 5.97 Å². The van der Waals surface area contributed by atoms with Crippen molar-refractivity contribution in [3.8, 4) is 0 Å². The number of pyridine rings is 1. The van der Waals surface area contributed by atoms with Crippen LogP contribution in [0, 0.1) is 5.92 Å². The van der Waals surface area contributed by atoms with Gasteiger partial charge in [0.15, 0.2) is 0 Å². The predicted octanol–water partition coefficient (Wildman–Crippen LogP) is 4.00. The Balaban J connectivity index is 1.61. The average molecular weight is 425 g/mol. The first-order valence-electron chi connectivity index (χ1n) is 10.2. The summed E-state index contributed by atoms with van der Waals surface area (Å²) in [5.41, 5.74) is 1.26. The van der Waals surface area contributed by atoms with Gasteiger partial charge in [0.1, 0.15) is 11.5 Å². The van der Waals surface area contributed by atoms with Crippen molar-refractivity contribution in [3.05, 3.63) is 62.9 Å². The molecule has 30 heavy (non-hydrogen) atoms. The zero-order valence-corrected chi connectivity index (χ0v) is 17.9. The van der Waals surface area contributed by atoms with Crippen LogP contribution in [0.25, 0.3) is 10.8 Å². The van der Waals surface area contributed by atoms with E-state index in [0.29, 0.717) is 21.9 Å². The van der Waals surface area contributed by atoms with E-state index in [-0.39, 0.29) is 24.6 Å². The first-order chi connectivity index (χ1) is 14.5. The molecule has 156 valence electrons. The minimum atomic E-state index is -0.400. The number of hydrogen-bond donors (Lipinski definition) is 1. The van der Waals surface area contributed by atoms with Gasteiger partial charge in [-0.1, -0.05) is 25.1 Å². The Morgan fingerprint density at radius 2 is 2.07 bits per heavy atom. The third-order valence-corrected chi connectivity index (χ3v) is 6.61. The molecule has 1 amide bonds. The minimum absolute atomic E-state index is 0.120. The lowest BCUT2D eigenvalue weighted by Crippen LogP contribution is -2.27. The molecule has 2 aromatic heterocycles. The third kappa shape index (κ3) is 3.89. The van der Waals surface area contributed by atoms with Crippen molar-refractivity contribution >= 4 is 39.0 Å². The number of ether oxygens (including phenoxy) is 1. The molecule has 0 fully saturated rings. The molecule has 0 saturated carbocycles. The molecular weight excluding hydrogens is 400 g/mol. The second-order valence-corrected chi connectivity index (χ2v) is 8.77. The summed E-state index contributed by atoms with van der Waals surface area (Å²) in [6.07, 6.45) is 4.33. The lowest BCUT2D eigenvalue weighted by molar-refractivity contribution is -0.116. The number of thiophene rings is 1. The summed E-state index contributed by atoms with van der Waals surface area (Å²) >= 11 is 1.45. The Hall–Kier alpha value is -2.93. The highest BCUT2D eigenvalue weighted by Crippen LogP contribution is 2.40. The maximum Gasteiger partial charge on any atom is 0.341 e. The number of carbonyl (C=O) groups is 2. The lowest BCUT2D eigenvalue weighted by Gasteiger charge is -2.18. The van der Waals surface area contributed by atoms with Gasteiger partial charge < -0.3 is 14.6 Å². The van der Waals surface area contributed by atoms with Gasteiger partial charge in [-0.15, -0.1) is 11.3 Å². The fourth-order valence-electron chi connectivity index (χ4n) is 3.93. The molecule has 0 spiro atoms. The van der Waals surface area contributed by atoms with E-state index in [1.807, 2.05) is 18.2 Å². The van der Waals surface area contributed by atoms with Crippen LogP contribution in [0.4, 0.5) is 5.00 Å². The normalized spacial score (nSPS) is 15.6. The van der Waals surface area contributed by atoms with Crippen LogP contribution in [-0.2, 0) is 28.9 Å². The van der Waals surface area contributed by atoms with Crippen LogP contribution in [0.3, 0.4) is 0 Å². The van der Waals surface area contributed by atoms with E-state index in [1.54, 1.807) is 25.3 Å². The summed E-state index contributed by atoms with van der Waals surface area (Å²) < 4.78 is 6.63. The fraction of sp³-hybridized carbons (Fsp3) is 0.348. The topological polar surface area (TPSA) is 77.4 Å². The molecule has 0 aliphatic heterocycles. The van der Waals surface area contributed by atoms with E-state index in [1.165, 1.54) is 15.9 Å². The molecule has 0 saturated heterocycles. The number of fused-ring (bicyclic) bond motifs is 2. The quantitative estimate of drug-likeness (QED) is 0.628. The highest BCUT2D eigenvalue weighted by Gasteiger charge is 2.29. The molecule has 7 heteroatoms. The van der Waals surface area contributed by atoms with E-state index >= 15 is 0 Å². The largest absolute Gasteiger partial charge is 0.462 e. The van der Waals surface area contributed by atoms with E-state index in [2.05, 4.69) is 12.2 Å². The molecule has 1 unspecified atom stereocenters. The molecule has 4 rings (SSSR count). The highest BCUT2D eigenvalue weighted by molar-refractivity contribution is 7.17. The summed E-state index contributed by atoms with van der Waals surface area (Å²) in [5.74, 6) is -0.196. The van der Waals surface area contributed by atoms with Crippen LogP contribution >= 0.6 is 11.3 Å². The third-order valence-electron chi connectivity index (χ3n) is 5.44. The van der Waals surface area contributed by atoms with Crippen molar-refractivity contribution in [1.82, 2.24) is 4.57 Å². The number of nitrogens with zero attached hydrogens (tertiary/aromatic N) is 1. The Morgan fingerprint density at radius 3 is 2.87 bits per heavy atom. The standard InChI is InChI=1S/C23H24N2O4S/c1-3-29-23(28)20-17-9-8-14(2)12-18(17)30-21(20)24-19(26)13-25-11-10-15-6-4-5-7-16(15)22(25)27/h4-7,10-11,14H,3,8-9,12-13H2,1-2H3,(H,24,26). The maximum absolute atomic E-state index is 12.8. The number of carbonyl (C=O) groups excluding carboxylic acids is 2. The molecule has 6 nitrogen and oxygen atoms in total. The molecule has 1 aliphatic rings. The minimum Gasteiger partial charge on any atom is -0.462 e. The van der Waals surface area contributed by atoms with Gasteiger partial charge in [-0.2, -0.15) is 0 Å². The predicted molar refractivity (Wildman–Crippen MR) is 118 cm³/mol. The van der Waals surface area contributed by atoms with E-state index in [4.69, 9.17) is 4.74 Å². The molecule has 1 N–H and O–H groups in total. The van der Waals surface area contributed by atoms with Crippen molar-refractivity contribution in [2.24, 2.45) is 5.92 Å². The number of nitrogens with one attached hydrogen (secondary N) is 1. The van der Waals surface area contributed by atoms with Gasteiger partial charge in [0, 0.05) is 16.5 Å². The number of aromatic nitrogens is 1. The number of hydrogen-bond acceptors (Lipinski definition) is 5. The zero-order chi connectivity index (χ0) is 21.3. The number of esters is 1. The van der Waals surface area contributed by atoms with Crippen LogP contribution in [-0.4, -0.2) is 23.1 Å². The van der Waals surface area contributed by atoms with Crippen molar-refractivity contribution in [2.45, 2.75) is 39.7 Å². The summed E-state index contributed by atoms with van der Waals surface area (Å²) in [6, 6.07) is 9.11. The van der Waals surface area contributed by atoms with Crippen molar-refractivity contribution in [3.63, 3.8) is 0 Å². The molecule has 2 heterocycles. The van der Waals surface area contributed by atoms with Gasteiger partial charge in [-0.05, 0) is 55.2 Å². The van der Waals surface area contributed by atoms with Gasteiger partial charge in [-0.3, -0.25) is 9.59 Å². The van der Waals surface area contributed by atoms with Gasteiger partial charge in [0.05, 0.1) is 12.2 Å². The van der Waals surface area contributed by atoms with Gasteiger partial charge in [0.2, 0.25) is 5.91 Å². The smallest absolute Gasteiger partial charge is 0.341 e. The summed E-state index contributed by atoms with van der Waals surface area (Å²) in [6.45, 7) is 4.12. The molecule has 0 bridgehead atoms. The Kier molecular flexibility index (Phi) is 5.72. The maximum atomic E-state index is 12.8. The fourth-order valence-corrected chi connectivity index (χ4v) is 5.35. The average Bonchev–Trinajstić information content (AvgIpc) is 3.07. The summed E-state index contributed by atoms with van der Waals surface area (Å²) in [5, 5.41) is 4.79. The number of anilines is 1. The number of rotatable bonds is 5. The van der Waals surface area contributed by atoms with Crippen LogP contribution in [0.1, 0.15) is 41.1 Å². The summed E-state index contributed by atoms with van der Waals surface area (Å²) in [7, 11) is 0. The Morgan fingerprint density at radius 1 is 1.27 bits per heavy atom. The van der Waals surface area contributed by atoms with Crippen molar-refractivity contribution in [1.29, 1.82) is 0 Å². The van der Waals surface area contributed by atoms with Crippen molar-refractivity contribution < 1.29 is 14.3 Å². The number of benzene rings is 1. The van der Waals surface area contributed by atoms with E-state index in [0.717, 1.165) is 35.1 Å². The molecule has 0 radical (unpaired) electrons. The van der Waals surface area contributed by atoms with Crippen LogP contribution in [0.15, 0.2) is 41.3 Å². The zero-order valence-electron chi connectivity index (χ0n) is 17.1. The summed E-state index contributed by atoms with van der Waals surface area (Å²) in [4.78, 5) is 39.2. The second-order valence-electron chi connectivity index (χ2n) is 7.66. The molecule has 1 aliphatic carbocycles. The number of amides is 1. The Labute approximate surface area is 178 Å². The van der Waals surface area contributed by atoms with Gasteiger partial charge in [0.25, 0.3) is 5.56 Å². The molecule has 1 aromatic carbocycles. The highest BCUT2D eigenvalue weighted by atomic mass is 32.1. The first-order valence-corrected chi connectivity index (χ1v) is 11.0. The van der Waals surface area contributed by atoms with E-state index in [9.17, 15) is 14.4 Å². The molecular formula is C23H24N2O4S. The van der Waals surface area contributed by atoms with Crippen molar-refractivity contribution in [2.75, 3.05) is 11.9 Å². The SMILES string of the molecule is CCOC(=O)c1c(NC(=O)Cn2ccc3ccccc3c2=O)sc2c1CCC(C)C2. The molecule has 1 atom stereocenters. The Bertz CT molecular complexity index is 1180. The van der Waals surface area contributed by atoms with Gasteiger partial charge >= 0.3 is 5.97 Å². The molecule has 3 aromatic rings. The lowest BCUT2D eigenvalue weighted by atomic mass is 9.88. The van der Waals surface area contributed by atoms with Crippen LogP contribution < -0.4 is 10.9 Å².